The van der Waals surface area contributed by atoms with Gasteiger partial charge in [0.15, 0.2) is 12.4 Å². The zero-order chi connectivity index (χ0) is 11.6. The highest BCUT2D eigenvalue weighted by Gasteiger charge is 2.47. The number of hydrogen-bond acceptors (Lipinski definition) is 6. The zero-order valence-electron chi connectivity index (χ0n) is 8.11. The van der Waals surface area contributed by atoms with Gasteiger partial charge in [-0.1, -0.05) is 0 Å². The summed E-state index contributed by atoms with van der Waals surface area (Å²) in [4.78, 5) is 10.7. The minimum Gasteiger partial charge on any atom is -0.479 e. The van der Waals surface area contributed by atoms with Crippen LogP contribution in [0.15, 0.2) is 0 Å². The van der Waals surface area contributed by atoms with Gasteiger partial charge in [0.2, 0.25) is 0 Å². The van der Waals surface area contributed by atoms with Crippen molar-refractivity contribution in [2.75, 3.05) is 6.61 Å². The summed E-state index contributed by atoms with van der Waals surface area (Å²) < 4.78 is 9.58. The van der Waals surface area contributed by atoms with Crippen LogP contribution in [0.5, 0.6) is 0 Å². The van der Waals surface area contributed by atoms with Crippen LogP contribution in [-0.4, -0.2) is 63.7 Å². The van der Waals surface area contributed by atoms with E-state index in [1.54, 1.807) is 6.92 Å². The minimum atomic E-state index is -1.72. The van der Waals surface area contributed by atoms with Gasteiger partial charge >= 0.3 is 5.97 Å². The van der Waals surface area contributed by atoms with E-state index in [1.807, 2.05) is 0 Å². The lowest BCUT2D eigenvalue weighted by atomic mass is 9.99. The summed E-state index contributed by atoms with van der Waals surface area (Å²) in [7, 11) is 0. The maximum Gasteiger partial charge on any atom is 0.335 e. The number of hydrogen-bond donors (Lipinski definition) is 4. The highest BCUT2D eigenvalue weighted by molar-refractivity contribution is 5.73. The number of aliphatic carboxylic acids is 1. The van der Waals surface area contributed by atoms with E-state index in [2.05, 4.69) is 4.74 Å². The number of carbonyl (C=O) groups is 1. The molecule has 1 heterocycles. The van der Waals surface area contributed by atoms with Crippen molar-refractivity contribution >= 4 is 5.97 Å². The van der Waals surface area contributed by atoms with E-state index in [1.165, 1.54) is 0 Å². The maximum absolute atomic E-state index is 10.7. The second-order valence-corrected chi connectivity index (χ2v) is 3.19. The third-order valence-electron chi connectivity index (χ3n) is 2.17. The number of aliphatic hydroxyl groups excluding tert-OH is 3. The largest absolute Gasteiger partial charge is 0.479 e. The molecule has 0 amide bonds. The second kappa shape index (κ2) is 4.86. The molecule has 4 N–H and O–H groups in total. The van der Waals surface area contributed by atoms with E-state index < -0.39 is 36.7 Å². The van der Waals surface area contributed by atoms with Crippen molar-refractivity contribution in [3.63, 3.8) is 0 Å². The molecule has 0 aromatic carbocycles. The van der Waals surface area contributed by atoms with Gasteiger partial charge in [0.05, 0.1) is 0 Å². The summed E-state index contributed by atoms with van der Waals surface area (Å²) in [5.41, 5.74) is 0. The molecule has 0 unspecified atom stereocenters. The highest BCUT2D eigenvalue weighted by Crippen LogP contribution is 2.22. The normalized spacial score (nSPS) is 41.5. The van der Waals surface area contributed by atoms with Crippen molar-refractivity contribution in [2.24, 2.45) is 0 Å². The third kappa shape index (κ3) is 2.44. The monoisotopic (exact) mass is 222 g/mol. The standard InChI is InChI=1S/C8H14O7/c1-2-14-5-3(9)4(10)8(13)15-6(5)7(11)12/h3-6,8-10,13H,2H2,1H3,(H,11,12)/t3-,4-,5+,6+,8-/m1/s1. The van der Waals surface area contributed by atoms with Crippen LogP contribution in [0.2, 0.25) is 0 Å². The smallest absolute Gasteiger partial charge is 0.335 e. The lowest BCUT2D eigenvalue weighted by molar-refractivity contribution is -0.286. The van der Waals surface area contributed by atoms with Gasteiger partial charge in [0.25, 0.3) is 0 Å². The first kappa shape index (κ1) is 12.3. The molecule has 0 aromatic heterocycles. The predicted molar refractivity (Wildman–Crippen MR) is 45.9 cm³/mol. The van der Waals surface area contributed by atoms with Crippen molar-refractivity contribution in [1.82, 2.24) is 0 Å². The van der Waals surface area contributed by atoms with E-state index in [4.69, 9.17) is 14.9 Å². The van der Waals surface area contributed by atoms with Crippen molar-refractivity contribution in [3.05, 3.63) is 0 Å². The average molecular weight is 222 g/mol. The van der Waals surface area contributed by atoms with Gasteiger partial charge in [-0.05, 0) is 6.92 Å². The molecule has 1 rings (SSSR count). The molecule has 1 fully saturated rings. The Labute approximate surface area is 85.9 Å². The first-order chi connectivity index (χ1) is 6.99. The van der Waals surface area contributed by atoms with Crippen LogP contribution < -0.4 is 0 Å². The number of carboxylic acid groups (broad SMARTS) is 1. The summed E-state index contributed by atoms with van der Waals surface area (Å²) in [5, 5.41) is 36.6. The fraction of sp³-hybridized carbons (Fsp3) is 0.875. The quantitative estimate of drug-likeness (QED) is 0.432. The van der Waals surface area contributed by atoms with E-state index in [0.29, 0.717) is 0 Å². The fourth-order valence-corrected chi connectivity index (χ4v) is 1.43. The van der Waals surface area contributed by atoms with Gasteiger partial charge < -0.3 is 29.9 Å². The molecule has 88 valence electrons. The molecule has 0 saturated carbocycles. The fourth-order valence-electron chi connectivity index (χ4n) is 1.43. The van der Waals surface area contributed by atoms with E-state index in [-0.39, 0.29) is 6.61 Å². The van der Waals surface area contributed by atoms with Gasteiger partial charge in [-0.3, -0.25) is 0 Å². The summed E-state index contributed by atoms with van der Waals surface area (Å²) in [6, 6.07) is 0. The van der Waals surface area contributed by atoms with E-state index in [9.17, 15) is 15.0 Å². The molecule has 0 radical (unpaired) electrons. The molecule has 7 nitrogen and oxygen atoms in total. The van der Waals surface area contributed by atoms with Crippen molar-refractivity contribution in [3.8, 4) is 0 Å². The lowest BCUT2D eigenvalue weighted by Gasteiger charge is -2.38. The van der Waals surface area contributed by atoms with Crippen molar-refractivity contribution in [2.45, 2.75) is 37.6 Å². The van der Waals surface area contributed by atoms with E-state index in [0.717, 1.165) is 0 Å². The second-order valence-electron chi connectivity index (χ2n) is 3.19. The van der Waals surface area contributed by atoms with Crippen LogP contribution in [0.25, 0.3) is 0 Å². The van der Waals surface area contributed by atoms with Gasteiger partial charge in [-0.2, -0.15) is 0 Å². The first-order valence-corrected chi connectivity index (χ1v) is 4.53. The molecule has 5 atom stereocenters. The number of carboxylic acids is 1. The van der Waals surface area contributed by atoms with Gasteiger partial charge in [-0.25, -0.2) is 4.79 Å². The Kier molecular flexibility index (Phi) is 4.00. The molecule has 0 aromatic rings. The third-order valence-corrected chi connectivity index (χ3v) is 2.17. The average Bonchev–Trinajstić information content (AvgIpc) is 2.18. The number of aliphatic hydroxyl groups is 3. The Morgan fingerprint density at radius 3 is 2.40 bits per heavy atom. The predicted octanol–water partition coefficient (Wildman–Crippen LogP) is -2.08. The van der Waals surface area contributed by atoms with Crippen LogP contribution in [0.4, 0.5) is 0 Å². The number of rotatable bonds is 3. The van der Waals surface area contributed by atoms with Crippen LogP contribution in [0, 0.1) is 0 Å². The lowest BCUT2D eigenvalue weighted by Crippen LogP contribution is -2.60. The molecule has 1 aliphatic heterocycles. The molecule has 15 heavy (non-hydrogen) atoms. The molecule has 7 heteroatoms. The number of ether oxygens (including phenoxy) is 2. The molecule has 0 aliphatic carbocycles. The highest BCUT2D eigenvalue weighted by atomic mass is 16.7. The van der Waals surface area contributed by atoms with Gasteiger partial charge in [0, 0.05) is 6.61 Å². The minimum absolute atomic E-state index is 0.164. The van der Waals surface area contributed by atoms with Crippen LogP contribution in [0.1, 0.15) is 6.92 Å². The Bertz CT molecular complexity index is 231. The Balaban J connectivity index is 2.81. The zero-order valence-corrected chi connectivity index (χ0v) is 8.11. The maximum atomic E-state index is 10.7. The van der Waals surface area contributed by atoms with Crippen LogP contribution in [-0.2, 0) is 14.3 Å². The Morgan fingerprint density at radius 1 is 1.33 bits per heavy atom. The molecule has 0 bridgehead atoms. The first-order valence-electron chi connectivity index (χ1n) is 4.53. The molecular formula is C8H14O7. The molecule has 1 saturated heterocycles. The van der Waals surface area contributed by atoms with Crippen molar-refractivity contribution < 1.29 is 34.7 Å². The van der Waals surface area contributed by atoms with Gasteiger partial charge in [0.1, 0.15) is 18.3 Å². The molecule has 1 aliphatic rings. The Hall–Kier alpha value is -0.730. The summed E-state index contributed by atoms with van der Waals surface area (Å²) in [5.74, 6) is -1.36. The topological polar surface area (TPSA) is 116 Å². The molecular weight excluding hydrogens is 208 g/mol. The summed E-state index contributed by atoms with van der Waals surface area (Å²) in [6.07, 6.45) is -7.46. The summed E-state index contributed by atoms with van der Waals surface area (Å²) >= 11 is 0. The molecule has 0 spiro atoms. The van der Waals surface area contributed by atoms with Crippen LogP contribution >= 0.6 is 0 Å². The van der Waals surface area contributed by atoms with E-state index >= 15 is 0 Å². The van der Waals surface area contributed by atoms with Crippen molar-refractivity contribution in [1.29, 1.82) is 0 Å². The van der Waals surface area contributed by atoms with Gasteiger partial charge in [-0.15, -0.1) is 0 Å². The Morgan fingerprint density at radius 2 is 1.93 bits per heavy atom. The van der Waals surface area contributed by atoms with Crippen LogP contribution in [0.3, 0.4) is 0 Å². The SMILES string of the molecule is CCO[C@H]1[C@H](O)[C@@H](O)[C@H](O)O[C@@H]1C(=O)O. The summed E-state index contributed by atoms with van der Waals surface area (Å²) in [6.45, 7) is 1.78.